The third-order valence-corrected chi connectivity index (χ3v) is 5.92. The fraction of sp³-hybridized carbons (Fsp3) is 0.250. The molecule has 3 aromatic carbocycles. The second-order valence-corrected chi connectivity index (χ2v) is 8.34. The van der Waals surface area contributed by atoms with Crippen LogP contribution in [0.5, 0.6) is 17.2 Å². The fourth-order valence-corrected chi connectivity index (χ4v) is 3.98. The molecule has 0 radical (unpaired) electrons. The zero-order chi connectivity index (χ0) is 25.5. The number of nitrogens with one attached hydrogen (secondary N) is 1. The van der Waals surface area contributed by atoms with Crippen molar-refractivity contribution in [1.82, 2.24) is 0 Å². The van der Waals surface area contributed by atoms with Crippen LogP contribution in [0, 0.1) is 5.92 Å². The van der Waals surface area contributed by atoms with Gasteiger partial charge in [0.2, 0.25) is 5.91 Å². The van der Waals surface area contributed by atoms with Crippen molar-refractivity contribution in [3.05, 3.63) is 78.4 Å². The van der Waals surface area contributed by atoms with E-state index in [1.54, 1.807) is 66.6 Å². The molecule has 186 valence electrons. The number of aryl methyl sites for hydroxylation is 1. The van der Waals surface area contributed by atoms with Crippen LogP contribution >= 0.6 is 0 Å². The highest BCUT2D eigenvalue weighted by Crippen LogP contribution is 2.29. The van der Waals surface area contributed by atoms with Crippen LogP contribution in [0.25, 0.3) is 0 Å². The Kier molecular flexibility index (Phi) is 7.85. The minimum Gasteiger partial charge on any atom is -0.497 e. The molecule has 8 nitrogen and oxygen atoms in total. The van der Waals surface area contributed by atoms with E-state index in [9.17, 15) is 14.4 Å². The quantitative estimate of drug-likeness (QED) is 0.443. The molecule has 1 heterocycles. The number of amides is 2. The molecule has 1 fully saturated rings. The summed E-state index contributed by atoms with van der Waals surface area (Å²) in [5.74, 6) is 0.210. The van der Waals surface area contributed by atoms with Crippen molar-refractivity contribution in [2.45, 2.75) is 19.8 Å². The second-order valence-electron chi connectivity index (χ2n) is 8.34. The number of hydrogen-bond acceptors (Lipinski definition) is 6. The van der Waals surface area contributed by atoms with Crippen LogP contribution in [0.15, 0.2) is 72.8 Å². The molecule has 8 heteroatoms. The summed E-state index contributed by atoms with van der Waals surface area (Å²) < 4.78 is 16.2. The van der Waals surface area contributed by atoms with Gasteiger partial charge in [-0.2, -0.15) is 0 Å². The maximum atomic E-state index is 12.6. The molecule has 1 N–H and O–H groups in total. The first-order chi connectivity index (χ1) is 17.5. The minimum atomic E-state index is -0.636. The summed E-state index contributed by atoms with van der Waals surface area (Å²) >= 11 is 0. The molecule has 1 atom stereocenters. The van der Waals surface area contributed by atoms with Crippen molar-refractivity contribution in [3.8, 4) is 17.2 Å². The summed E-state index contributed by atoms with van der Waals surface area (Å²) in [6.07, 6.45) is 0.800. The van der Waals surface area contributed by atoms with Gasteiger partial charge in [0.15, 0.2) is 6.61 Å². The normalized spacial score (nSPS) is 14.9. The number of carbonyl (C=O) groups excluding carboxylic acids is 3. The SMILES string of the molecule is CCc1ccccc1NC(=O)COC(=O)[C@@H]1CC(=O)N(c2ccc(Oc3ccc(OC)cc3)cc2)C1. The number of hydrogen-bond donors (Lipinski definition) is 1. The first kappa shape index (κ1) is 24.8. The standard InChI is InChI=1S/C28H28N2O6/c1-3-19-6-4-5-7-25(19)29-26(31)18-35-28(33)20-16-27(32)30(17-20)21-8-10-23(11-9-21)36-24-14-12-22(34-2)13-15-24/h4-15,20H,3,16-18H2,1-2H3,(H,29,31)/t20-/m1/s1. The van der Waals surface area contributed by atoms with Gasteiger partial charge in [0, 0.05) is 24.3 Å². The summed E-state index contributed by atoms with van der Waals surface area (Å²) in [5, 5.41) is 2.77. The molecule has 3 aromatic rings. The van der Waals surface area contributed by atoms with Gasteiger partial charge in [-0.3, -0.25) is 14.4 Å². The summed E-state index contributed by atoms with van der Waals surface area (Å²) in [6, 6.07) is 21.7. The van der Waals surface area contributed by atoms with E-state index in [2.05, 4.69) is 5.32 Å². The van der Waals surface area contributed by atoms with Gasteiger partial charge in [-0.1, -0.05) is 25.1 Å². The van der Waals surface area contributed by atoms with Crippen molar-refractivity contribution < 1.29 is 28.6 Å². The van der Waals surface area contributed by atoms with E-state index in [0.717, 1.165) is 17.7 Å². The molecular formula is C28H28N2O6. The number of ether oxygens (including phenoxy) is 3. The number of para-hydroxylation sites is 1. The maximum Gasteiger partial charge on any atom is 0.311 e. The summed E-state index contributed by atoms with van der Waals surface area (Å²) in [6.45, 7) is 1.78. The van der Waals surface area contributed by atoms with Gasteiger partial charge in [0.05, 0.1) is 13.0 Å². The fourth-order valence-electron chi connectivity index (χ4n) is 3.98. The third-order valence-electron chi connectivity index (χ3n) is 5.92. The van der Waals surface area contributed by atoms with E-state index in [0.29, 0.717) is 22.9 Å². The van der Waals surface area contributed by atoms with Crippen molar-refractivity contribution in [2.75, 3.05) is 30.5 Å². The largest absolute Gasteiger partial charge is 0.497 e. The Labute approximate surface area is 209 Å². The van der Waals surface area contributed by atoms with Crippen LogP contribution < -0.4 is 19.7 Å². The first-order valence-electron chi connectivity index (χ1n) is 11.7. The molecule has 1 aliphatic rings. The monoisotopic (exact) mass is 488 g/mol. The second kappa shape index (κ2) is 11.4. The van der Waals surface area contributed by atoms with Gasteiger partial charge >= 0.3 is 5.97 Å². The highest BCUT2D eigenvalue weighted by Gasteiger charge is 2.36. The maximum absolute atomic E-state index is 12.6. The number of anilines is 2. The van der Waals surface area contributed by atoms with Crippen molar-refractivity contribution in [1.29, 1.82) is 0 Å². The Hall–Kier alpha value is -4.33. The summed E-state index contributed by atoms with van der Waals surface area (Å²) in [7, 11) is 1.60. The Morgan fingerprint density at radius 1 is 0.944 bits per heavy atom. The van der Waals surface area contributed by atoms with E-state index < -0.39 is 24.4 Å². The predicted molar refractivity (Wildman–Crippen MR) is 135 cm³/mol. The van der Waals surface area contributed by atoms with E-state index in [-0.39, 0.29) is 18.9 Å². The van der Waals surface area contributed by atoms with Crippen LogP contribution in [0.3, 0.4) is 0 Å². The third kappa shape index (κ3) is 6.02. The molecular weight excluding hydrogens is 460 g/mol. The van der Waals surface area contributed by atoms with E-state index >= 15 is 0 Å². The molecule has 0 spiro atoms. The van der Waals surface area contributed by atoms with E-state index in [4.69, 9.17) is 14.2 Å². The van der Waals surface area contributed by atoms with Crippen molar-refractivity contribution >= 4 is 29.2 Å². The highest BCUT2D eigenvalue weighted by atomic mass is 16.5. The topological polar surface area (TPSA) is 94.2 Å². The number of carbonyl (C=O) groups is 3. The van der Waals surface area contributed by atoms with Crippen molar-refractivity contribution in [2.24, 2.45) is 5.92 Å². The molecule has 0 aromatic heterocycles. The number of nitrogens with zero attached hydrogens (tertiary/aromatic N) is 1. The van der Waals surface area contributed by atoms with Gasteiger partial charge in [-0.15, -0.1) is 0 Å². The van der Waals surface area contributed by atoms with Crippen molar-refractivity contribution in [3.63, 3.8) is 0 Å². The first-order valence-corrected chi connectivity index (χ1v) is 11.7. The average molecular weight is 489 g/mol. The lowest BCUT2D eigenvalue weighted by Gasteiger charge is -2.17. The highest BCUT2D eigenvalue weighted by molar-refractivity contribution is 6.00. The molecule has 0 aliphatic carbocycles. The van der Waals surface area contributed by atoms with Gasteiger partial charge in [-0.25, -0.2) is 0 Å². The van der Waals surface area contributed by atoms with Crippen LogP contribution in [0.4, 0.5) is 11.4 Å². The number of rotatable bonds is 9. The molecule has 0 unspecified atom stereocenters. The smallest absolute Gasteiger partial charge is 0.311 e. The van der Waals surface area contributed by atoms with Gasteiger partial charge in [-0.05, 0) is 66.6 Å². The molecule has 1 aliphatic heterocycles. The molecule has 4 rings (SSSR count). The Morgan fingerprint density at radius 2 is 1.58 bits per heavy atom. The molecule has 36 heavy (non-hydrogen) atoms. The molecule has 0 saturated carbocycles. The van der Waals surface area contributed by atoms with Crippen LogP contribution in [0.2, 0.25) is 0 Å². The van der Waals surface area contributed by atoms with Crippen LogP contribution in [0.1, 0.15) is 18.9 Å². The zero-order valence-corrected chi connectivity index (χ0v) is 20.2. The number of methoxy groups -OCH3 is 1. The average Bonchev–Trinajstić information content (AvgIpc) is 3.30. The zero-order valence-electron chi connectivity index (χ0n) is 20.2. The lowest BCUT2D eigenvalue weighted by atomic mass is 10.1. The summed E-state index contributed by atoms with van der Waals surface area (Å²) in [5.41, 5.74) is 2.35. The van der Waals surface area contributed by atoms with E-state index in [1.807, 2.05) is 25.1 Å². The van der Waals surface area contributed by atoms with Crippen LogP contribution in [-0.2, 0) is 25.5 Å². The van der Waals surface area contributed by atoms with Gasteiger partial charge < -0.3 is 24.4 Å². The number of esters is 1. The predicted octanol–water partition coefficient (Wildman–Crippen LogP) is 4.58. The van der Waals surface area contributed by atoms with Gasteiger partial charge in [0.25, 0.3) is 5.91 Å². The van der Waals surface area contributed by atoms with E-state index in [1.165, 1.54) is 0 Å². The molecule has 2 amide bonds. The Bertz CT molecular complexity index is 1220. The summed E-state index contributed by atoms with van der Waals surface area (Å²) in [4.78, 5) is 38.9. The molecule has 1 saturated heterocycles. The lowest BCUT2D eigenvalue weighted by Crippen LogP contribution is -2.28. The molecule has 0 bridgehead atoms. The Balaban J connectivity index is 1.29. The van der Waals surface area contributed by atoms with Gasteiger partial charge in [0.1, 0.15) is 17.2 Å². The lowest BCUT2D eigenvalue weighted by molar-refractivity contribution is -0.151. The van der Waals surface area contributed by atoms with Crippen LogP contribution in [-0.4, -0.2) is 38.0 Å². The Morgan fingerprint density at radius 3 is 2.25 bits per heavy atom. The minimum absolute atomic E-state index is 0.0310. The number of benzene rings is 3.